The van der Waals surface area contributed by atoms with E-state index in [1.54, 1.807) is 36.2 Å². The standard InChI is InChI=1S/C27H36N6O3.2ClH/c1-19(2)29-10-11-30-26(34)17-32(25-12-21(14-28)7-6-20(25)3)18-27(35)31(4)33-15-22-8-9-24(36-5)13-23(22)16-33;;/h6-9,12-13,19,29H,10-11,15-18H2,1-5H3,(H,30,34);2*1H. The SMILES string of the molecule is COc1ccc2c(c1)CN(N(C)C(=O)CN(CC(=O)NCCNC(C)C)c1cc(C#N)ccc1C)C2.Cl.Cl. The molecule has 0 aromatic heterocycles. The van der Waals surface area contributed by atoms with Crippen LogP contribution in [0, 0.1) is 18.3 Å². The van der Waals surface area contributed by atoms with Crippen LogP contribution in [0.25, 0.3) is 0 Å². The van der Waals surface area contributed by atoms with E-state index >= 15 is 0 Å². The molecule has 11 heteroatoms. The van der Waals surface area contributed by atoms with Gasteiger partial charge in [-0.1, -0.05) is 26.0 Å². The van der Waals surface area contributed by atoms with E-state index in [1.807, 2.05) is 50.0 Å². The van der Waals surface area contributed by atoms with Crippen LogP contribution >= 0.6 is 24.8 Å². The second kappa shape index (κ2) is 15.4. The van der Waals surface area contributed by atoms with E-state index in [-0.39, 0.29) is 49.7 Å². The Hall–Kier alpha value is -3.03. The Kier molecular flexibility index (Phi) is 13.4. The third-order valence-electron chi connectivity index (χ3n) is 6.24. The van der Waals surface area contributed by atoms with Crippen LogP contribution in [0.2, 0.25) is 0 Å². The number of nitrogens with zero attached hydrogens (tertiary/aromatic N) is 4. The van der Waals surface area contributed by atoms with Gasteiger partial charge in [0.15, 0.2) is 0 Å². The first-order valence-electron chi connectivity index (χ1n) is 12.1. The van der Waals surface area contributed by atoms with Crippen molar-refractivity contribution in [2.24, 2.45) is 0 Å². The normalized spacial score (nSPS) is 12.0. The predicted molar refractivity (Wildman–Crippen MR) is 154 cm³/mol. The van der Waals surface area contributed by atoms with Crippen molar-refractivity contribution in [2.75, 3.05) is 45.2 Å². The van der Waals surface area contributed by atoms with Crippen LogP contribution < -0.4 is 20.3 Å². The number of hydrogen-bond acceptors (Lipinski definition) is 7. The van der Waals surface area contributed by atoms with Crippen LogP contribution in [0.1, 0.15) is 36.1 Å². The lowest BCUT2D eigenvalue weighted by Crippen LogP contribution is -2.48. The van der Waals surface area contributed by atoms with E-state index in [4.69, 9.17) is 4.74 Å². The Morgan fingerprint density at radius 2 is 1.79 bits per heavy atom. The fourth-order valence-electron chi connectivity index (χ4n) is 4.15. The topological polar surface area (TPSA) is 101 Å². The summed E-state index contributed by atoms with van der Waals surface area (Å²) >= 11 is 0. The number of anilines is 1. The number of carbonyl (C=O) groups excluding carboxylic acids is 2. The van der Waals surface area contributed by atoms with Crippen LogP contribution in [-0.4, -0.2) is 68.2 Å². The maximum absolute atomic E-state index is 13.4. The van der Waals surface area contributed by atoms with Crippen molar-refractivity contribution in [1.82, 2.24) is 20.7 Å². The van der Waals surface area contributed by atoms with Crippen LogP contribution in [0.5, 0.6) is 5.75 Å². The summed E-state index contributed by atoms with van der Waals surface area (Å²) in [5.41, 5.74) is 4.34. The Balaban J connectivity index is 0.00000361. The van der Waals surface area contributed by atoms with Gasteiger partial charge in [0.2, 0.25) is 5.91 Å². The Morgan fingerprint density at radius 3 is 2.45 bits per heavy atom. The summed E-state index contributed by atoms with van der Waals surface area (Å²) < 4.78 is 5.33. The molecule has 2 N–H and O–H groups in total. The fourth-order valence-corrected chi connectivity index (χ4v) is 4.15. The monoisotopic (exact) mass is 564 g/mol. The zero-order valence-electron chi connectivity index (χ0n) is 22.6. The van der Waals surface area contributed by atoms with Crippen molar-refractivity contribution in [3.8, 4) is 11.8 Å². The molecule has 0 saturated carbocycles. The van der Waals surface area contributed by atoms with E-state index in [0.29, 0.717) is 43.5 Å². The van der Waals surface area contributed by atoms with Crippen LogP contribution in [0.3, 0.4) is 0 Å². The van der Waals surface area contributed by atoms with Crippen molar-refractivity contribution in [1.29, 1.82) is 5.26 Å². The number of nitriles is 1. The number of halogens is 2. The second-order valence-electron chi connectivity index (χ2n) is 9.30. The highest BCUT2D eigenvalue weighted by atomic mass is 35.5. The number of ether oxygens (including phenoxy) is 1. The minimum absolute atomic E-state index is 0. The molecule has 9 nitrogen and oxygen atoms in total. The highest BCUT2D eigenvalue weighted by molar-refractivity contribution is 5.87. The van der Waals surface area contributed by atoms with E-state index < -0.39 is 0 Å². The fraction of sp³-hybridized carbons (Fsp3) is 0.444. The zero-order valence-corrected chi connectivity index (χ0v) is 24.2. The molecule has 0 bridgehead atoms. The number of methoxy groups -OCH3 is 1. The lowest BCUT2D eigenvalue weighted by molar-refractivity contribution is -0.145. The molecule has 1 aliphatic rings. The summed E-state index contributed by atoms with van der Waals surface area (Å²) in [6.45, 7) is 8.38. The molecule has 1 aliphatic heterocycles. The second-order valence-corrected chi connectivity index (χ2v) is 9.30. The first kappa shape index (κ1) is 33.0. The van der Waals surface area contributed by atoms with Gasteiger partial charge in [-0.15, -0.1) is 24.8 Å². The molecular formula is C27H38Cl2N6O3. The number of amides is 2. The number of benzene rings is 2. The van der Waals surface area contributed by atoms with Gasteiger partial charge in [0, 0.05) is 45.0 Å². The van der Waals surface area contributed by atoms with E-state index in [1.165, 1.54) is 0 Å². The molecule has 0 radical (unpaired) electrons. The summed E-state index contributed by atoms with van der Waals surface area (Å²) in [5.74, 6) is 0.461. The molecule has 0 unspecified atom stereocenters. The highest BCUT2D eigenvalue weighted by Crippen LogP contribution is 2.28. The zero-order chi connectivity index (χ0) is 26.2. The van der Waals surface area contributed by atoms with Crippen LogP contribution in [-0.2, 0) is 22.7 Å². The first-order valence-corrected chi connectivity index (χ1v) is 12.1. The Morgan fingerprint density at radius 1 is 1.08 bits per heavy atom. The third kappa shape index (κ3) is 8.77. The van der Waals surface area contributed by atoms with Crippen molar-refractivity contribution < 1.29 is 14.3 Å². The molecular weight excluding hydrogens is 527 g/mol. The molecule has 0 saturated heterocycles. The van der Waals surface area contributed by atoms with Crippen molar-refractivity contribution in [3.05, 3.63) is 58.7 Å². The minimum atomic E-state index is -0.182. The Bertz CT molecular complexity index is 1140. The van der Waals surface area contributed by atoms with Gasteiger partial charge in [0.25, 0.3) is 5.91 Å². The number of fused-ring (bicyclic) bond motifs is 1. The maximum Gasteiger partial charge on any atom is 0.256 e. The van der Waals surface area contributed by atoms with E-state index in [9.17, 15) is 14.9 Å². The van der Waals surface area contributed by atoms with Gasteiger partial charge < -0.3 is 20.3 Å². The average molecular weight is 566 g/mol. The smallest absolute Gasteiger partial charge is 0.256 e. The van der Waals surface area contributed by atoms with Gasteiger partial charge in [0.1, 0.15) is 5.75 Å². The molecule has 2 aromatic carbocycles. The quantitative estimate of drug-likeness (QED) is 0.404. The Labute approximate surface area is 237 Å². The van der Waals surface area contributed by atoms with Gasteiger partial charge in [-0.05, 0) is 47.9 Å². The molecule has 38 heavy (non-hydrogen) atoms. The molecule has 208 valence electrons. The van der Waals surface area contributed by atoms with Crippen molar-refractivity contribution in [3.63, 3.8) is 0 Å². The van der Waals surface area contributed by atoms with Crippen LogP contribution in [0.15, 0.2) is 36.4 Å². The predicted octanol–water partition coefficient (Wildman–Crippen LogP) is 3.03. The summed E-state index contributed by atoms with van der Waals surface area (Å²) in [6, 6.07) is 13.7. The lowest BCUT2D eigenvalue weighted by Gasteiger charge is -2.32. The van der Waals surface area contributed by atoms with Crippen LogP contribution in [0.4, 0.5) is 5.69 Å². The molecule has 2 amide bonds. The summed E-state index contributed by atoms with van der Waals surface area (Å²) in [7, 11) is 3.39. The molecule has 3 rings (SSSR count). The highest BCUT2D eigenvalue weighted by Gasteiger charge is 2.27. The summed E-state index contributed by atoms with van der Waals surface area (Å²) in [4.78, 5) is 27.9. The van der Waals surface area contributed by atoms with Crippen molar-refractivity contribution in [2.45, 2.75) is 39.9 Å². The largest absolute Gasteiger partial charge is 0.497 e. The summed E-state index contributed by atoms with van der Waals surface area (Å²) in [6.07, 6.45) is 0. The molecule has 0 fully saturated rings. The lowest BCUT2D eigenvalue weighted by atomic mass is 10.1. The number of hydrogen-bond donors (Lipinski definition) is 2. The van der Waals surface area contributed by atoms with E-state index in [0.717, 1.165) is 22.4 Å². The van der Waals surface area contributed by atoms with Gasteiger partial charge in [-0.2, -0.15) is 5.26 Å². The van der Waals surface area contributed by atoms with E-state index in [2.05, 4.69) is 16.7 Å². The van der Waals surface area contributed by atoms with Crippen molar-refractivity contribution >= 4 is 42.3 Å². The van der Waals surface area contributed by atoms with Gasteiger partial charge >= 0.3 is 0 Å². The number of nitrogens with one attached hydrogen (secondary N) is 2. The number of aryl methyl sites for hydroxylation is 1. The maximum atomic E-state index is 13.4. The molecule has 0 spiro atoms. The van der Waals surface area contributed by atoms with Gasteiger partial charge in [-0.3, -0.25) is 14.6 Å². The number of hydrazine groups is 1. The van der Waals surface area contributed by atoms with Gasteiger partial charge in [-0.25, -0.2) is 5.01 Å². The third-order valence-corrected chi connectivity index (χ3v) is 6.24. The number of rotatable bonds is 11. The number of likely N-dealkylation sites (N-methyl/N-ethyl adjacent to an activating group) is 1. The average Bonchev–Trinajstić information content (AvgIpc) is 3.29. The number of carbonyl (C=O) groups is 2. The summed E-state index contributed by atoms with van der Waals surface area (Å²) in [5, 5.41) is 19.2. The molecule has 1 heterocycles. The minimum Gasteiger partial charge on any atom is -0.497 e. The molecule has 0 aliphatic carbocycles. The first-order chi connectivity index (χ1) is 17.2. The van der Waals surface area contributed by atoms with Gasteiger partial charge in [0.05, 0.1) is 31.8 Å². The molecule has 0 atom stereocenters. The molecule has 2 aromatic rings.